The van der Waals surface area contributed by atoms with E-state index in [9.17, 15) is 19.7 Å². The molecule has 0 spiro atoms. The second kappa shape index (κ2) is 6.05. The molecule has 0 saturated heterocycles. The van der Waals surface area contributed by atoms with Gasteiger partial charge in [0.2, 0.25) is 0 Å². The molecule has 1 aliphatic heterocycles. The Morgan fingerprint density at radius 1 is 0.929 bits per heavy atom. The maximum atomic E-state index is 13.2. The predicted molar refractivity (Wildman–Crippen MR) is 103 cm³/mol. The molecule has 0 radical (unpaired) electrons. The molecule has 2 aliphatic carbocycles. The smallest absolute Gasteiger partial charge is 0.269 e. The van der Waals surface area contributed by atoms with Crippen LogP contribution in [0.15, 0.2) is 64.8 Å². The second-order valence-electron chi connectivity index (χ2n) is 7.35. The minimum absolute atomic E-state index is 0.0151. The maximum Gasteiger partial charge on any atom is 0.269 e. The van der Waals surface area contributed by atoms with Gasteiger partial charge in [0.15, 0.2) is 11.6 Å². The van der Waals surface area contributed by atoms with Crippen LogP contribution in [0.3, 0.4) is 0 Å². The zero-order valence-corrected chi connectivity index (χ0v) is 14.9. The van der Waals surface area contributed by atoms with E-state index in [-0.39, 0.29) is 17.3 Å². The lowest BCUT2D eigenvalue weighted by Gasteiger charge is -2.33. The zero-order valence-electron chi connectivity index (χ0n) is 14.9. The lowest BCUT2D eigenvalue weighted by Crippen LogP contribution is -2.33. The summed E-state index contributed by atoms with van der Waals surface area (Å²) in [7, 11) is 0. The van der Waals surface area contributed by atoms with Gasteiger partial charge in [-0.05, 0) is 18.4 Å². The topological polar surface area (TPSA) is 89.6 Å². The van der Waals surface area contributed by atoms with E-state index < -0.39 is 16.8 Å². The number of nitrogens with zero attached hydrogens (tertiary/aromatic N) is 2. The fourth-order valence-electron chi connectivity index (χ4n) is 4.61. The Balaban J connectivity index is 1.72. The SMILES string of the molecule is O=C1CCCC2=C1C(c1ccc([N+](=O)[O-])cc1)C1C(=O)c3ccccc3C1=N2. The highest BCUT2D eigenvalue weighted by molar-refractivity contribution is 6.30. The number of hydrogen-bond donors (Lipinski definition) is 0. The molecule has 0 N–H and O–H groups in total. The van der Waals surface area contributed by atoms with Gasteiger partial charge in [-0.3, -0.25) is 24.7 Å². The number of Topliss-reactive ketones (excluding diaryl/α,β-unsaturated/α-hetero) is 2. The van der Waals surface area contributed by atoms with Gasteiger partial charge in [-0.1, -0.05) is 36.4 Å². The fourth-order valence-corrected chi connectivity index (χ4v) is 4.61. The first-order valence-electron chi connectivity index (χ1n) is 9.29. The molecule has 138 valence electrons. The summed E-state index contributed by atoms with van der Waals surface area (Å²) >= 11 is 0. The highest BCUT2D eigenvalue weighted by atomic mass is 16.6. The third-order valence-corrected chi connectivity index (χ3v) is 5.84. The van der Waals surface area contributed by atoms with Crippen molar-refractivity contribution in [2.24, 2.45) is 10.9 Å². The van der Waals surface area contributed by atoms with Gasteiger partial charge in [0.25, 0.3) is 5.69 Å². The monoisotopic (exact) mass is 372 g/mol. The van der Waals surface area contributed by atoms with Crippen molar-refractivity contribution in [3.8, 4) is 0 Å². The minimum atomic E-state index is -0.556. The van der Waals surface area contributed by atoms with Gasteiger partial charge in [-0.15, -0.1) is 0 Å². The number of carbonyl (C=O) groups excluding carboxylic acids is 2. The van der Waals surface area contributed by atoms with Crippen molar-refractivity contribution in [2.75, 3.05) is 0 Å². The van der Waals surface area contributed by atoms with Crippen molar-refractivity contribution < 1.29 is 14.5 Å². The molecule has 2 aromatic rings. The number of rotatable bonds is 2. The van der Waals surface area contributed by atoms with Gasteiger partial charge in [0, 0.05) is 46.9 Å². The lowest BCUT2D eigenvalue weighted by molar-refractivity contribution is -0.384. The number of carbonyl (C=O) groups is 2. The van der Waals surface area contributed by atoms with Crippen LogP contribution in [-0.2, 0) is 4.79 Å². The largest absolute Gasteiger partial charge is 0.294 e. The first-order valence-corrected chi connectivity index (χ1v) is 9.29. The molecule has 2 unspecified atom stereocenters. The molecule has 2 atom stereocenters. The average Bonchev–Trinajstić information content (AvgIpc) is 2.99. The van der Waals surface area contributed by atoms with E-state index in [2.05, 4.69) is 0 Å². The molecule has 28 heavy (non-hydrogen) atoms. The average molecular weight is 372 g/mol. The summed E-state index contributed by atoms with van der Waals surface area (Å²) in [5.41, 5.74) is 4.27. The fraction of sp³-hybridized carbons (Fsp3) is 0.227. The van der Waals surface area contributed by atoms with Gasteiger partial charge < -0.3 is 0 Å². The number of fused-ring (bicyclic) bond motifs is 3. The number of allylic oxidation sites excluding steroid dienone is 2. The van der Waals surface area contributed by atoms with Crippen molar-refractivity contribution >= 4 is 23.0 Å². The normalized spacial score (nSPS) is 23.1. The third-order valence-electron chi connectivity index (χ3n) is 5.84. The molecular formula is C22H16N2O4. The van der Waals surface area contributed by atoms with E-state index in [1.54, 1.807) is 18.2 Å². The summed E-state index contributed by atoms with van der Waals surface area (Å²) in [6, 6.07) is 13.6. The first-order chi connectivity index (χ1) is 13.6. The van der Waals surface area contributed by atoms with Crippen LogP contribution < -0.4 is 0 Å². The third kappa shape index (κ3) is 2.30. The highest BCUT2D eigenvalue weighted by Crippen LogP contribution is 2.48. The van der Waals surface area contributed by atoms with Crippen molar-refractivity contribution in [2.45, 2.75) is 25.2 Å². The van der Waals surface area contributed by atoms with Crippen LogP contribution in [0, 0.1) is 16.0 Å². The van der Waals surface area contributed by atoms with Crippen molar-refractivity contribution in [1.82, 2.24) is 0 Å². The van der Waals surface area contributed by atoms with Gasteiger partial charge in [0.05, 0.1) is 16.6 Å². The summed E-state index contributed by atoms with van der Waals surface area (Å²) in [5.74, 6) is -1.02. The summed E-state index contributed by atoms with van der Waals surface area (Å²) in [6.45, 7) is 0. The second-order valence-corrected chi connectivity index (χ2v) is 7.35. The molecule has 0 bridgehead atoms. The van der Waals surface area contributed by atoms with Crippen LogP contribution in [0.1, 0.15) is 46.7 Å². The van der Waals surface area contributed by atoms with Crippen LogP contribution >= 0.6 is 0 Å². The van der Waals surface area contributed by atoms with Crippen LogP contribution in [0.2, 0.25) is 0 Å². The maximum absolute atomic E-state index is 13.2. The van der Waals surface area contributed by atoms with E-state index in [1.165, 1.54) is 12.1 Å². The van der Waals surface area contributed by atoms with E-state index in [0.717, 1.165) is 29.0 Å². The number of hydrogen-bond acceptors (Lipinski definition) is 5. The zero-order chi connectivity index (χ0) is 19.4. The van der Waals surface area contributed by atoms with Crippen molar-refractivity contribution in [1.29, 1.82) is 0 Å². The van der Waals surface area contributed by atoms with Crippen LogP contribution in [0.25, 0.3) is 0 Å². The molecule has 0 saturated carbocycles. The Labute approximate surface area is 160 Å². The molecule has 6 heteroatoms. The van der Waals surface area contributed by atoms with Crippen LogP contribution in [-0.4, -0.2) is 22.2 Å². The number of ketones is 2. The van der Waals surface area contributed by atoms with E-state index in [1.807, 2.05) is 18.2 Å². The Morgan fingerprint density at radius 2 is 1.64 bits per heavy atom. The molecule has 1 heterocycles. The van der Waals surface area contributed by atoms with Gasteiger partial charge in [0.1, 0.15) is 0 Å². The summed E-state index contributed by atoms with van der Waals surface area (Å²) < 4.78 is 0. The van der Waals surface area contributed by atoms with Gasteiger partial charge in [-0.25, -0.2) is 0 Å². The highest BCUT2D eigenvalue weighted by Gasteiger charge is 2.48. The lowest BCUT2D eigenvalue weighted by atomic mass is 9.71. The summed E-state index contributed by atoms with van der Waals surface area (Å²) in [5, 5.41) is 11.0. The molecule has 0 amide bonds. The molecule has 6 nitrogen and oxygen atoms in total. The quantitative estimate of drug-likeness (QED) is 0.589. The molecule has 3 aliphatic rings. The van der Waals surface area contributed by atoms with E-state index in [0.29, 0.717) is 24.0 Å². The Kier molecular flexibility index (Phi) is 3.62. The predicted octanol–water partition coefficient (Wildman–Crippen LogP) is 4.00. The van der Waals surface area contributed by atoms with E-state index >= 15 is 0 Å². The summed E-state index contributed by atoms with van der Waals surface area (Å²) in [4.78, 5) is 41.4. The molecule has 0 aromatic heterocycles. The van der Waals surface area contributed by atoms with Crippen LogP contribution in [0.5, 0.6) is 0 Å². The Bertz CT molecular complexity index is 1110. The number of nitro benzene ring substituents is 1. The first kappa shape index (κ1) is 16.7. The standard InChI is InChI=1S/C22H16N2O4/c25-17-7-3-6-16-19(17)18(12-8-10-13(11-9-12)24(27)28)20-21(23-16)14-4-1-2-5-15(14)22(20)26/h1-2,4-5,8-11,18,20H,3,6-7H2. The molecule has 5 rings (SSSR count). The Hall–Kier alpha value is -3.41. The van der Waals surface area contributed by atoms with Gasteiger partial charge >= 0.3 is 0 Å². The number of aliphatic imine (C=N–C) groups is 1. The number of non-ortho nitro benzene ring substituents is 1. The number of benzene rings is 2. The summed E-state index contributed by atoms with van der Waals surface area (Å²) in [6.07, 6.45) is 1.90. The molecule has 2 aromatic carbocycles. The van der Waals surface area contributed by atoms with Crippen LogP contribution in [0.4, 0.5) is 5.69 Å². The Morgan fingerprint density at radius 3 is 2.36 bits per heavy atom. The van der Waals surface area contributed by atoms with E-state index in [4.69, 9.17) is 4.99 Å². The number of nitro groups is 1. The van der Waals surface area contributed by atoms with Crippen molar-refractivity contribution in [3.05, 3.63) is 86.6 Å². The molecular weight excluding hydrogens is 356 g/mol. The molecule has 0 fully saturated rings. The van der Waals surface area contributed by atoms with Gasteiger partial charge in [-0.2, -0.15) is 0 Å². The van der Waals surface area contributed by atoms with Crippen molar-refractivity contribution in [3.63, 3.8) is 0 Å². The minimum Gasteiger partial charge on any atom is -0.294 e.